The van der Waals surface area contributed by atoms with Gasteiger partial charge in [0.1, 0.15) is 14.1 Å². The predicted molar refractivity (Wildman–Crippen MR) is 136 cm³/mol. The Morgan fingerprint density at radius 3 is 1.55 bits per heavy atom. The van der Waals surface area contributed by atoms with E-state index in [0.29, 0.717) is 19.8 Å². The maximum Gasteiger partial charge on any atom is 0.349 e. The summed E-state index contributed by atoms with van der Waals surface area (Å²) in [6, 6.07) is 14.9. The standard InChI is InChI=1S/C23H14Cl4O4S2/c24-17-11-5-1-3-7-15(11)32-19(17)21(28)30-9-13-14(23(13,26)27)10-31-22(29)20-18(25)12-6-2-4-8-16(12)33-20/h1-8,13-14H,9-10H2/t13-,14-/m1/s1. The number of alkyl halides is 2. The average molecular weight is 560 g/mol. The molecule has 33 heavy (non-hydrogen) atoms. The van der Waals surface area contributed by atoms with Gasteiger partial charge in [0.15, 0.2) is 0 Å². The predicted octanol–water partition coefficient (Wildman–Crippen LogP) is 7.86. The first-order valence-corrected chi connectivity index (χ1v) is 13.0. The van der Waals surface area contributed by atoms with Crippen LogP contribution in [-0.4, -0.2) is 29.5 Å². The molecule has 0 spiro atoms. The van der Waals surface area contributed by atoms with Gasteiger partial charge >= 0.3 is 11.9 Å². The van der Waals surface area contributed by atoms with Crippen LogP contribution in [0.25, 0.3) is 20.2 Å². The van der Waals surface area contributed by atoms with Crippen molar-refractivity contribution in [3.05, 3.63) is 68.3 Å². The van der Waals surface area contributed by atoms with Crippen LogP contribution in [-0.2, 0) is 9.47 Å². The van der Waals surface area contributed by atoms with Crippen LogP contribution in [0.1, 0.15) is 19.3 Å². The molecule has 0 radical (unpaired) electrons. The van der Waals surface area contributed by atoms with Crippen molar-refractivity contribution in [3.8, 4) is 0 Å². The Bertz CT molecular complexity index is 1290. The lowest BCUT2D eigenvalue weighted by atomic mass is 10.2. The van der Waals surface area contributed by atoms with Gasteiger partial charge in [-0.25, -0.2) is 9.59 Å². The highest BCUT2D eigenvalue weighted by molar-refractivity contribution is 7.22. The van der Waals surface area contributed by atoms with Crippen LogP contribution in [0.15, 0.2) is 48.5 Å². The summed E-state index contributed by atoms with van der Waals surface area (Å²) in [5.41, 5.74) is 0. The van der Waals surface area contributed by atoms with Crippen molar-refractivity contribution >= 4 is 101 Å². The SMILES string of the molecule is O=C(OC[C@@H]1[C@@H](COC(=O)c2sc3ccccc3c2Cl)C1(Cl)Cl)c1sc2ccccc2c1Cl. The van der Waals surface area contributed by atoms with E-state index in [2.05, 4.69) is 0 Å². The lowest BCUT2D eigenvalue weighted by molar-refractivity contribution is 0.0425. The molecular formula is C23H14Cl4O4S2. The van der Waals surface area contributed by atoms with Gasteiger partial charge in [-0.05, 0) is 12.1 Å². The zero-order chi connectivity index (χ0) is 23.3. The normalized spacial score (nSPS) is 19.0. The first kappa shape index (κ1) is 23.2. The second-order valence-corrected chi connectivity index (χ2v) is 11.9. The Hall–Kier alpha value is -1.54. The molecule has 1 saturated carbocycles. The van der Waals surface area contributed by atoms with Crippen molar-refractivity contribution in [2.45, 2.75) is 4.33 Å². The third-order valence-electron chi connectivity index (χ3n) is 5.59. The number of fused-ring (bicyclic) bond motifs is 2. The quantitative estimate of drug-likeness (QED) is 0.178. The second-order valence-electron chi connectivity index (χ2n) is 7.57. The fourth-order valence-electron chi connectivity index (χ4n) is 3.67. The fourth-order valence-corrected chi connectivity index (χ4v) is 7.21. The lowest BCUT2D eigenvalue weighted by Crippen LogP contribution is -2.10. The Morgan fingerprint density at radius 1 is 0.758 bits per heavy atom. The number of rotatable bonds is 6. The maximum atomic E-state index is 12.6. The molecule has 2 aromatic carbocycles. The summed E-state index contributed by atoms with van der Waals surface area (Å²) in [4.78, 5) is 25.8. The molecular weight excluding hydrogens is 546 g/mol. The van der Waals surface area contributed by atoms with Crippen LogP contribution >= 0.6 is 69.1 Å². The molecule has 10 heteroatoms. The summed E-state index contributed by atoms with van der Waals surface area (Å²) in [5.74, 6) is -1.82. The van der Waals surface area contributed by atoms with Crippen molar-refractivity contribution in [3.63, 3.8) is 0 Å². The molecule has 1 fully saturated rings. The Labute approximate surface area is 216 Å². The summed E-state index contributed by atoms with van der Waals surface area (Å²) in [7, 11) is 0. The number of hydrogen-bond acceptors (Lipinski definition) is 6. The van der Waals surface area contributed by atoms with Gasteiger partial charge in [-0.3, -0.25) is 0 Å². The summed E-state index contributed by atoms with van der Waals surface area (Å²) in [6.07, 6.45) is 0. The van der Waals surface area contributed by atoms with Gasteiger partial charge in [0, 0.05) is 32.0 Å². The molecule has 170 valence electrons. The maximum absolute atomic E-state index is 12.6. The summed E-state index contributed by atoms with van der Waals surface area (Å²) < 4.78 is 11.5. The molecule has 0 amide bonds. The minimum absolute atomic E-state index is 0.0116. The minimum atomic E-state index is -1.16. The summed E-state index contributed by atoms with van der Waals surface area (Å²) in [6.45, 7) is -0.0233. The molecule has 1 aliphatic rings. The largest absolute Gasteiger partial charge is 0.461 e. The number of carbonyl (C=O) groups excluding carboxylic acids is 2. The Kier molecular flexibility index (Phi) is 6.27. The third-order valence-corrected chi connectivity index (χ3v) is 10.0. The molecule has 2 heterocycles. The third kappa shape index (κ3) is 4.22. The number of halogens is 4. The summed E-state index contributed by atoms with van der Waals surface area (Å²) in [5, 5.41) is 2.34. The number of carbonyl (C=O) groups is 2. The number of esters is 2. The van der Waals surface area contributed by atoms with Crippen molar-refractivity contribution in [2.24, 2.45) is 11.8 Å². The molecule has 0 N–H and O–H groups in total. The molecule has 2 atom stereocenters. The van der Waals surface area contributed by atoms with Gasteiger partial charge < -0.3 is 9.47 Å². The van der Waals surface area contributed by atoms with E-state index in [4.69, 9.17) is 55.9 Å². The minimum Gasteiger partial charge on any atom is -0.461 e. The number of benzene rings is 2. The van der Waals surface area contributed by atoms with Crippen molar-refractivity contribution < 1.29 is 19.1 Å². The van der Waals surface area contributed by atoms with Gasteiger partial charge in [0.2, 0.25) is 0 Å². The highest BCUT2D eigenvalue weighted by atomic mass is 35.5. The van der Waals surface area contributed by atoms with E-state index in [1.807, 2.05) is 48.5 Å². The van der Waals surface area contributed by atoms with Gasteiger partial charge in [-0.2, -0.15) is 0 Å². The highest BCUT2D eigenvalue weighted by Crippen LogP contribution is 2.59. The topological polar surface area (TPSA) is 52.6 Å². The molecule has 2 aromatic heterocycles. The molecule has 0 aliphatic heterocycles. The molecule has 0 unspecified atom stereocenters. The van der Waals surface area contributed by atoms with Crippen LogP contribution in [0.3, 0.4) is 0 Å². The number of hydrogen-bond donors (Lipinski definition) is 0. The van der Waals surface area contributed by atoms with E-state index >= 15 is 0 Å². The van der Waals surface area contributed by atoms with Crippen LogP contribution in [0.4, 0.5) is 0 Å². The first-order valence-electron chi connectivity index (χ1n) is 9.85. The molecule has 5 rings (SSSR count). The molecule has 4 aromatic rings. The molecule has 4 nitrogen and oxygen atoms in total. The van der Waals surface area contributed by atoms with E-state index in [-0.39, 0.29) is 25.0 Å². The van der Waals surface area contributed by atoms with Crippen LogP contribution in [0.5, 0.6) is 0 Å². The molecule has 0 bridgehead atoms. The smallest absolute Gasteiger partial charge is 0.349 e. The van der Waals surface area contributed by atoms with E-state index in [0.717, 1.165) is 20.2 Å². The van der Waals surface area contributed by atoms with Gasteiger partial charge in [-0.1, -0.05) is 59.6 Å². The Balaban J connectivity index is 1.20. The van der Waals surface area contributed by atoms with Gasteiger partial charge in [0.25, 0.3) is 0 Å². The van der Waals surface area contributed by atoms with E-state index < -0.39 is 16.3 Å². The van der Waals surface area contributed by atoms with Crippen LogP contribution in [0, 0.1) is 11.8 Å². The average Bonchev–Trinajstić information content (AvgIpc) is 3.05. The fraction of sp³-hybridized carbons (Fsp3) is 0.217. The Morgan fingerprint density at radius 2 is 1.15 bits per heavy atom. The molecule has 1 aliphatic carbocycles. The summed E-state index contributed by atoms with van der Waals surface area (Å²) >= 11 is 27.9. The van der Waals surface area contributed by atoms with E-state index in [1.54, 1.807) is 0 Å². The monoisotopic (exact) mass is 558 g/mol. The van der Waals surface area contributed by atoms with Gasteiger partial charge in [0.05, 0.1) is 23.3 Å². The molecule has 0 saturated heterocycles. The van der Waals surface area contributed by atoms with Crippen molar-refractivity contribution in [1.82, 2.24) is 0 Å². The zero-order valence-electron chi connectivity index (χ0n) is 16.6. The number of ether oxygens (including phenoxy) is 2. The first-order chi connectivity index (χ1) is 15.8. The van der Waals surface area contributed by atoms with Crippen molar-refractivity contribution in [1.29, 1.82) is 0 Å². The van der Waals surface area contributed by atoms with Crippen LogP contribution < -0.4 is 0 Å². The van der Waals surface area contributed by atoms with Gasteiger partial charge in [-0.15, -0.1) is 45.9 Å². The zero-order valence-corrected chi connectivity index (χ0v) is 21.3. The van der Waals surface area contributed by atoms with E-state index in [1.165, 1.54) is 22.7 Å². The highest BCUT2D eigenvalue weighted by Gasteiger charge is 2.64. The lowest BCUT2D eigenvalue weighted by Gasteiger charge is -2.04. The van der Waals surface area contributed by atoms with Crippen LogP contribution in [0.2, 0.25) is 10.0 Å². The number of thiophene rings is 2. The van der Waals surface area contributed by atoms with Crippen molar-refractivity contribution in [2.75, 3.05) is 13.2 Å². The van der Waals surface area contributed by atoms with E-state index in [9.17, 15) is 9.59 Å². The second kappa shape index (κ2) is 8.91.